The number of rotatable bonds is 3. The van der Waals surface area contributed by atoms with Crippen LogP contribution in [-0.2, 0) is 4.79 Å². The predicted octanol–water partition coefficient (Wildman–Crippen LogP) is 1.21. The lowest BCUT2D eigenvalue weighted by atomic mass is 10.0. The molecule has 0 spiro atoms. The van der Waals surface area contributed by atoms with E-state index in [-0.39, 0.29) is 17.9 Å². The molecule has 1 atom stereocenters. The zero-order valence-corrected chi connectivity index (χ0v) is 11.7. The number of likely N-dealkylation sites (N-methyl/N-ethyl adjacent to an activating group) is 1. The SMILES string of the molecule is CC(C)c1c(N)ncnc1NC1CCC(=O)N(C)C1. The van der Waals surface area contributed by atoms with E-state index in [0.717, 1.165) is 17.8 Å². The molecule has 1 saturated heterocycles. The topological polar surface area (TPSA) is 84.1 Å². The fourth-order valence-electron chi connectivity index (χ4n) is 2.42. The van der Waals surface area contributed by atoms with Crippen molar-refractivity contribution >= 4 is 17.5 Å². The molecule has 19 heavy (non-hydrogen) atoms. The summed E-state index contributed by atoms with van der Waals surface area (Å²) in [5, 5.41) is 3.40. The highest BCUT2D eigenvalue weighted by Gasteiger charge is 2.24. The van der Waals surface area contributed by atoms with Crippen molar-refractivity contribution in [3.63, 3.8) is 0 Å². The zero-order chi connectivity index (χ0) is 14.0. The first kappa shape index (κ1) is 13.6. The Morgan fingerprint density at radius 1 is 1.47 bits per heavy atom. The van der Waals surface area contributed by atoms with Crippen LogP contribution in [0.1, 0.15) is 38.2 Å². The minimum Gasteiger partial charge on any atom is -0.383 e. The first-order valence-corrected chi connectivity index (χ1v) is 6.60. The van der Waals surface area contributed by atoms with Gasteiger partial charge in [-0.15, -0.1) is 0 Å². The van der Waals surface area contributed by atoms with Gasteiger partial charge in [-0.2, -0.15) is 0 Å². The van der Waals surface area contributed by atoms with Crippen LogP contribution in [0.4, 0.5) is 11.6 Å². The summed E-state index contributed by atoms with van der Waals surface area (Å²) in [4.78, 5) is 21.6. The Bertz CT molecular complexity index is 474. The number of nitrogen functional groups attached to an aromatic ring is 1. The van der Waals surface area contributed by atoms with E-state index in [2.05, 4.69) is 29.1 Å². The lowest BCUT2D eigenvalue weighted by molar-refractivity contribution is -0.132. The molecule has 1 amide bonds. The Morgan fingerprint density at radius 3 is 2.84 bits per heavy atom. The van der Waals surface area contributed by atoms with Gasteiger partial charge in [0.25, 0.3) is 0 Å². The van der Waals surface area contributed by atoms with E-state index in [0.29, 0.717) is 18.8 Å². The monoisotopic (exact) mass is 263 g/mol. The summed E-state index contributed by atoms with van der Waals surface area (Å²) in [5.41, 5.74) is 6.87. The number of anilines is 2. The molecule has 3 N–H and O–H groups in total. The molecule has 6 heteroatoms. The smallest absolute Gasteiger partial charge is 0.222 e. The highest BCUT2D eigenvalue weighted by atomic mass is 16.2. The minimum atomic E-state index is 0.198. The van der Waals surface area contributed by atoms with Gasteiger partial charge in [-0.1, -0.05) is 13.8 Å². The van der Waals surface area contributed by atoms with Gasteiger partial charge in [0.1, 0.15) is 18.0 Å². The third-order valence-corrected chi connectivity index (χ3v) is 3.46. The summed E-state index contributed by atoms with van der Waals surface area (Å²) < 4.78 is 0. The van der Waals surface area contributed by atoms with Gasteiger partial charge >= 0.3 is 0 Å². The zero-order valence-electron chi connectivity index (χ0n) is 11.7. The quantitative estimate of drug-likeness (QED) is 0.856. The van der Waals surface area contributed by atoms with Crippen LogP contribution in [0.5, 0.6) is 0 Å². The van der Waals surface area contributed by atoms with Crippen LogP contribution < -0.4 is 11.1 Å². The molecule has 2 heterocycles. The van der Waals surface area contributed by atoms with Gasteiger partial charge in [0.2, 0.25) is 5.91 Å². The highest BCUT2D eigenvalue weighted by Crippen LogP contribution is 2.27. The average Bonchev–Trinajstić information content (AvgIpc) is 2.33. The molecule has 0 bridgehead atoms. The Morgan fingerprint density at radius 2 is 2.21 bits per heavy atom. The van der Waals surface area contributed by atoms with Gasteiger partial charge < -0.3 is 16.0 Å². The van der Waals surface area contributed by atoms with E-state index in [1.54, 1.807) is 4.90 Å². The number of hydrogen-bond donors (Lipinski definition) is 2. The van der Waals surface area contributed by atoms with Gasteiger partial charge in [0.05, 0.1) is 0 Å². The summed E-state index contributed by atoms with van der Waals surface area (Å²) >= 11 is 0. The van der Waals surface area contributed by atoms with E-state index < -0.39 is 0 Å². The lowest BCUT2D eigenvalue weighted by Crippen LogP contribution is -2.43. The Labute approximate surface area is 113 Å². The molecule has 6 nitrogen and oxygen atoms in total. The second-order valence-corrected chi connectivity index (χ2v) is 5.33. The summed E-state index contributed by atoms with van der Waals surface area (Å²) in [6.45, 7) is 4.83. The van der Waals surface area contributed by atoms with Crippen molar-refractivity contribution < 1.29 is 4.79 Å². The molecule has 1 unspecified atom stereocenters. The number of carbonyl (C=O) groups excluding carboxylic acids is 1. The number of aromatic nitrogens is 2. The lowest BCUT2D eigenvalue weighted by Gasteiger charge is -2.31. The van der Waals surface area contributed by atoms with E-state index >= 15 is 0 Å². The maximum atomic E-state index is 11.5. The molecule has 0 radical (unpaired) electrons. The third-order valence-electron chi connectivity index (χ3n) is 3.46. The fraction of sp³-hybridized carbons (Fsp3) is 0.615. The van der Waals surface area contributed by atoms with Crippen molar-refractivity contribution in [2.45, 2.75) is 38.6 Å². The number of nitrogens with one attached hydrogen (secondary N) is 1. The number of nitrogens with zero attached hydrogens (tertiary/aromatic N) is 3. The molecule has 104 valence electrons. The molecule has 1 aliphatic rings. The molecule has 0 aromatic carbocycles. The fourth-order valence-corrected chi connectivity index (χ4v) is 2.42. The summed E-state index contributed by atoms with van der Waals surface area (Å²) in [5.74, 6) is 1.76. The van der Waals surface area contributed by atoms with Crippen molar-refractivity contribution in [3.8, 4) is 0 Å². The third kappa shape index (κ3) is 2.94. The van der Waals surface area contributed by atoms with Gasteiger partial charge in [-0.25, -0.2) is 9.97 Å². The molecule has 1 aliphatic heterocycles. The molecule has 0 saturated carbocycles. The summed E-state index contributed by atoms with van der Waals surface area (Å²) in [6.07, 6.45) is 2.87. The number of likely N-dealkylation sites (tertiary alicyclic amines) is 1. The standard InChI is InChI=1S/C13H21N5O/c1-8(2)11-12(14)15-7-16-13(11)17-9-4-5-10(19)18(3)6-9/h7-9H,4-6H2,1-3H3,(H3,14,15,16,17). The van der Waals surface area contributed by atoms with Crippen LogP contribution in [0.15, 0.2) is 6.33 Å². The number of carbonyl (C=O) groups is 1. The predicted molar refractivity (Wildman–Crippen MR) is 74.8 cm³/mol. The summed E-state index contributed by atoms with van der Waals surface area (Å²) in [6, 6.07) is 0.217. The van der Waals surface area contributed by atoms with Gasteiger partial charge in [0.15, 0.2) is 0 Å². The van der Waals surface area contributed by atoms with Crippen LogP contribution in [0.3, 0.4) is 0 Å². The second-order valence-electron chi connectivity index (χ2n) is 5.33. The van der Waals surface area contributed by atoms with Gasteiger partial charge in [0, 0.05) is 31.6 Å². The van der Waals surface area contributed by atoms with Crippen molar-refractivity contribution in [2.24, 2.45) is 0 Å². The molecule has 1 aromatic rings. The number of piperidine rings is 1. The number of amides is 1. The molecular weight excluding hydrogens is 242 g/mol. The average molecular weight is 263 g/mol. The Hall–Kier alpha value is -1.85. The molecule has 0 aliphatic carbocycles. The van der Waals surface area contributed by atoms with Crippen molar-refractivity contribution in [2.75, 3.05) is 24.6 Å². The number of hydrogen-bond acceptors (Lipinski definition) is 5. The van der Waals surface area contributed by atoms with E-state index in [1.165, 1.54) is 6.33 Å². The second kappa shape index (κ2) is 5.42. The first-order valence-electron chi connectivity index (χ1n) is 6.60. The van der Waals surface area contributed by atoms with Crippen LogP contribution in [0, 0.1) is 0 Å². The molecule has 2 rings (SSSR count). The van der Waals surface area contributed by atoms with Crippen molar-refractivity contribution in [3.05, 3.63) is 11.9 Å². The van der Waals surface area contributed by atoms with Gasteiger partial charge in [-0.05, 0) is 12.3 Å². The Kier molecular flexibility index (Phi) is 3.87. The van der Waals surface area contributed by atoms with Crippen LogP contribution >= 0.6 is 0 Å². The van der Waals surface area contributed by atoms with E-state index in [1.807, 2.05) is 7.05 Å². The van der Waals surface area contributed by atoms with Crippen LogP contribution in [-0.4, -0.2) is 40.4 Å². The largest absolute Gasteiger partial charge is 0.383 e. The maximum Gasteiger partial charge on any atom is 0.222 e. The molecule has 1 aromatic heterocycles. The maximum absolute atomic E-state index is 11.5. The van der Waals surface area contributed by atoms with Crippen molar-refractivity contribution in [1.29, 1.82) is 0 Å². The molecular formula is C13H21N5O. The summed E-state index contributed by atoms with van der Waals surface area (Å²) in [7, 11) is 1.83. The first-order chi connectivity index (χ1) is 8.99. The van der Waals surface area contributed by atoms with Gasteiger partial charge in [-0.3, -0.25) is 4.79 Å². The minimum absolute atomic E-state index is 0.198. The van der Waals surface area contributed by atoms with E-state index in [4.69, 9.17) is 5.73 Å². The van der Waals surface area contributed by atoms with E-state index in [9.17, 15) is 4.79 Å². The normalized spacial score (nSPS) is 19.9. The van der Waals surface area contributed by atoms with Crippen molar-refractivity contribution in [1.82, 2.24) is 14.9 Å². The Balaban J connectivity index is 2.15. The highest BCUT2D eigenvalue weighted by molar-refractivity contribution is 5.77. The number of nitrogens with two attached hydrogens (primary N) is 1. The van der Waals surface area contributed by atoms with Crippen LogP contribution in [0.2, 0.25) is 0 Å². The molecule has 1 fully saturated rings. The van der Waals surface area contributed by atoms with Crippen LogP contribution in [0.25, 0.3) is 0 Å².